The van der Waals surface area contributed by atoms with Crippen molar-refractivity contribution in [1.29, 1.82) is 0 Å². The molecule has 3 nitrogen and oxygen atoms in total. The third-order valence-corrected chi connectivity index (χ3v) is 3.84. The van der Waals surface area contributed by atoms with Gasteiger partial charge < -0.3 is 9.72 Å². The largest absolute Gasteiger partial charge is 0.378 e. The van der Waals surface area contributed by atoms with E-state index >= 15 is 0 Å². The monoisotopic (exact) mass is 230 g/mol. The Morgan fingerprint density at radius 2 is 2.06 bits per heavy atom. The third kappa shape index (κ3) is 1.75. The minimum absolute atomic E-state index is 0.276. The summed E-state index contributed by atoms with van der Waals surface area (Å²) in [4.78, 5) is 8.16. The fourth-order valence-corrected chi connectivity index (χ4v) is 2.56. The molecule has 17 heavy (non-hydrogen) atoms. The summed E-state index contributed by atoms with van der Waals surface area (Å²) < 4.78 is 5.60. The molecule has 1 N–H and O–H groups in total. The predicted molar refractivity (Wildman–Crippen MR) is 68.3 cm³/mol. The van der Waals surface area contributed by atoms with Gasteiger partial charge in [-0.2, -0.15) is 0 Å². The van der Waals surface area contributed by atoms with Gasteiger partial charge in [0.15, 0.2) is 0 Å². The molecule has 3 rings (SSSR count). The van der Waals surface area contributed by atoms with Crippen LogP contribution in [0.25, 0.3) is 11.0 Å². The molecule has 0 aliphatic carbocycles. The van der Waals surface area contributed by atoms with Gasteiger partial charge in [-0.3, -0.25) is 0 Å². The van der Waals surface area contributed by atoms with Gasteiger partial charge in [0, 0.05) is 12.5 Å². The van der Waals surface area contributed by atoms with Gasteiger partial charge >= 0.3 is 0 Å². The number of aromatic nitrogens is 2. The first-order valence-corrected chi connectivity index (χ1v) is 6.23. The van der Waals surface area contributed by atoms with Crippen molar-refractivity contribution in [2.45, 2.75) is 39.2 Å². The topological polar surface area (TPSA) is 37.9 Å². The van der Waals surface area contributed by atoms with E-state index in [2.05, 4.69) is 37.9 Å². The van der Waals surface area contributed by atoms with Gasteiger partial charge in [-0.25, -0.2) is 4.98 Å². The van der Waals surface area contributed by atoms with Crippen molar-refractivity contribution in [1.82, 2.24) is 9.97 Å². The smallest absolute Gasteiger partial charge is 0.113 e. The summed E-state index contributed by atoms with van der Waals surface area (Å²) in [6, 6.07) is 4.34. The van der Waals surface area contributed by atoms with E-state index in [0.29, 0.717) is 5.92 Å². The summed E-state index contributed by atoms with van der Waals surface area (Å²) >= 11 is 0. The molecule has 1 aromatic heterocycles. The molecular weight excluding hydrogens is 212 g/mol. The lowest BCUT2D eigenvalue weighted by atomic mass is 10.0. The van der Waals surface area contributed by atoms with Crippen LogP contribution in [-0.4, -0.2) is 22.7 Å². The standard InChI is InChI=1S/C14H18N2O/c1-8-6-12-13(7-9(8)2)16-14(15-12)11-4-5-17-10(11)3/h6-7,10-11H,4-5H2,1-3H3,(H,15,16). The first kappa shape index (κ1) is 10.8. The molecule has 3 heteroatoms. The van der Waals surface area contributed by atoms with Gasteiger partial charge in [-0.15, -0.1) is 0 Å². The Morgan fingerprint density at radius 1 is 1.29 bits per heavy atom. The number of aryl methyl sites for hydroxylation is 2. The molecule has 1 aromatic carbocycles. The number of nitrogens with one attached hydrogen (secondary N) is 1. The Kier molecular flexibility index (Phi) is 2.44. The van der Waals surface area contributed by atoms with Crippen LogP contribution in [-0.2, 0) is 4.74 Å². The number of imidazole rings is 1. The van der Waals surface area contributed by atoms with E-state index < -0.39 is 0 Å². The van der Waals surface area contributed by atoms with Gasteiger partial charge in [-0.1, -0.05) is 0 Å². The lowest BCUT2D eigenvalue weighted by molar-refractivity contribution is 0.117. The van der Waals surface area contributed by atoms with Gasteiger partial charge in [-0.05, 0) is 50.5 Å². The average molecular weight is 230 g/mol. The zero-order valence-corrected chi connectivity index (χ0v) is 10.6. The van der Waals surface area contributed by atoms with Crippen molar-refractivity contribution in [3.63, 3.8) is 0 Å². The lowest BCUT2D eigenvalue weighted by Gasteiger charge is -2.09. The predicted octanol–water partition coefficient (Wildman–Crippen LogP) is 3.07. The molecule has 1 aliphatic rings. The SMILES string of the molecule is Cc1cc2nc(C3CCOC3C)[nH]c2cc1C. The first-order chi connectivity index (χ1) is 8.15. The maximum atomic E-state index is 5.60. The number of ether oxygens (including phenoxy) is 1. The average Bonchev–Trinajstić information content (AvgIpc) is 2.85. The molecule has 0 radical (unpaired) electrons. The molecule has 0 amide bonds. The van der Waals surface area contributed by atoms with Crippen LogP contribution < -0.4 is 0 Å². The van der Waals surface area contributed by atoms with E-state index in [1.165, 1.54) is 11.1 Å². The highest BCUT2D eigenvalue weighted by molar-refractivity contribution is 5.77. The molecule has 2 unspecified atom stereocenters. The molecule has 90 valence electrons. The molecule has 2 atom stereocenters. The highest BCUT2D eigenvalue weighted by atomic mass is 16.5. The van der Waals surface area contributed by atoms with Crippen molar-refractivity contribution < 1.29 is 4.74 Å². The Labute approximate surface area is 101 Å². The maximum Gasteiger partial charge on any atom is 0.113 e. The lowest BCUT2D eigenvalue weighted by Crippen LogP contribution is -2.10. The van der Waals surface area contributed by atoms with Gasteiger partial charge in [0.1, 0.15) is 5.82 Å². The number of aromatic amines is 1. The second kappa shape index (κ2) is 3.84. The van der Waals surface area contributed by atoms with Crippen LogP contribution in [0.5, 0.6) is 0 Å². The van der Waals surface area contributed by atoms with Crippen LogP contribution in [0.3, 0.4) is 0 Å². The van der Waals surface area contributed by atoms with Crippen molar-refractivity contribution >= 4 is 11.0 Å². The second-order valence-corrected chi connectivity index (χ2v) is 5.05. The molecule has 0 bridgehead atoms. The zero-order chi connectivity index (χ0) is 12.0. The molecule has 0 saturated carbocycles. The van der Waals surface area contributed by atoms with Crippen LogP contribution >= 0.6 is 0 Å². The van der Waals surface area contributed by atoms with Crippen LogP contribution in [0.15, 0.2) is 12.1 Å². The fourth-order valence-electron chi connectivity index (χ4n) is 2.56. The molecule has 1 fully saturated rings. The molecule has 1 saturated heterocycles. The Hall–Kier alpha value is -1.35. The van der Waals surface area contributed by atoms with Crippen LogP contribution in [0.4, 0.5) is 0 Å². The number of hydrogen-bond donors (Lipinski definition) is 1. The van der Waals surface area contributed by atoms with E-state index in [1.807, 2.05) is 0 Å². The summed E-state index contributed by atoms with van der Waals surface area (Å²) in [7, 11) is 0. The Balaban J connectivity index is 2.07. The molecule has 2 aromatic rings. The molecule has 0 spiro atoms. The van der Waals surface area contributed by atoms with Crippen LogP contribution in [0.2, 0.25) is 0 Å². The van der Waals surface area contributed by atoms with Crippen LogP contribution in [0.1, 0.15) is 36.2 Å². The molecule has 1 aliphatic heterocycles. The highest BCUT2D eigenvalue weighted by Crippen LogP contribution is 2.30. The van der Waals surface area contributed by atoms with Crippen molar-refractivity contribution in [3.8, 4) is 0 Å². The number of nitrogens with zero attached hydrogens (tertiary/aromatic N) is 1. The highest BCUT2D eigenvalue weighted by Gasteiger charge is 2.28. The van der Waals surface area contributed by atoms with E-state index in [1.54, 1.807) is 0 Å². The van der Waals surface area contributed by atoms with Gasteiger partial charge in [0.2, 0.25) is 0 Å². The number of H-pyrrole nitrogens is 1. The minimum Gasteiger partial charge on any atom is -0.378 e. The maximum absolute atomic E-state index is 5.60. The summed E-state index contributed by atoms with van der Waals surface area (Å²) in [6.07, 6.45) is 1.34. The second-order valence-electron chi connectivity index (χ2n) is 5.05. The minimum atomic E-state index is 0.276. The molecular formula is C14H18N2O. The van der Waals surface area contributed by atoms with E-state index in [-0.39, 0.29) is 6.10 Å². The van der Waals surface area contributed by atoms with Crippen molar-refractivity contribution in [2.75, 3.05) is 6.61 Å². The summed E-state index contributed by atoms with van der Waals surface area (Å²) in [5, 5.41) is 0. The number of hydrogen-bond acceptors (Lipinski definition) is 2. The van der Waals surface area contributed by atoms with Crippen molar-refractivity contribution in [2.24, 2.45) is 0 Å². The Morgan fingerprint density at radius 3 is 2.76 bits per heavy atom. The van der Waals surface area contributed by atoms with E-state index in [9.17, 15) is 0 Å². The third-order valence-electron chi connectivity index (χ3n) is 3.84. The summed E-state index contributed by atoms with van der Waals surface area (Å²) in [5.74, 6) is 1.50. The normalized spacial score (nSPS) is 24.6. The molecule has 2 heterocycles. The summed E-state index contributed by atoms with van der Waals surface area (Å²) in [5.41, 5.74) is 4.82. The van der Waals surface area contributed by atoms with Crippen LogP contribution in [0, 0.1) is 13.8 Å². The summed E-state index contributed by atoms with van der Waals surface area (Å²) in [6.45, 7) is 7.24. The van der Waals surface area contributed by atoms with Gasteiger partial charge in [0.05, 0.1) is 17.1 Å². The zero-order valence-electron chi connectivity index (χ0n) is 10.6. The first-order valence-electron chi connectivity index (χ1n) is 6.23. The Bertz CT molecular complexity index is 520. The van der Waals surface area contributed by atoms with E-state index in [0.717, 1.165) is 29.9 Å². The quantitative estimate of drug-likeness (QED) is 0.817. The van der Waals surface area contributed by atoms with Crippen molar-refractivity contribution in [3.05, 3.63) is 29.1 Å². The van der Waals surface area contributed by atoms with Gasteiger partial charge in [0.25, 0.3) is 0 Å². The number of rotatable bonds is 1. The number of benzene rings is 1. The van der Waals surface area contributed by atoms with E-state index in [4.69, 9.17) is 9.72 Å². The fraction of sp³-hybridized carbons (Fsp3) is 0.500. The number of fused-ring (bicyclic) bond motifs is 1.